The Morgan fingerprint density at radius 3 is 2.52 bits per heavy atom. The van der Waals surface area contributed by atoms with Crippen molar-refractivity contribution in [2.75, 3.05) is 47.4 Å². The Hall–Kier alpha value is -1.30. The Morgan fingerprint density at radius 2 is 1.96 bits per heavy atom. The van der Waals surface area contributed by atoms with E-state index in [1.807, 2.05) is 0 Å². The molecule has 0 radical (unpaired) electrons. The molecule has 136 valence electrons. The van der Waals surface area contributed by atoms with Crippen LogP contribution in [0.5, 0.6) is 0 Å². The maximum absolute atomic E-state index is 11.7. The summed E-state index contributed by atoms with van der Waals surface area (Å²) in [5, 5.41) is 6.65. The van der Waals surface area contributed by atoms with Gasteiger partial charge in [0.1, 0.15) is 6.54 Å². The Labute approximate surface area is 142 Å². The average Bonchev–Trinajstić information content (AvgIpc) is 2.55. The van der Waals surface area contributed by atoms with Gasteiger partial charge in [-0.2, -0.15) is 0 Å². The highest BCUT2D eigenvalue weighted by Gasteiger charge is 2.08. The van der Waals surface area contributed by atoms with Crippen molar-refractivity contribution in [2.24, 2.45) is 10.9 Å². The quantitative estimate of drug-likeness (QED) is 0.326. The van der Waals surface area contributed by atoms with Gasteiger partial charge in [0.25, 0.3) is 0 Å². The van der Waals surface area contributed by atoms with E-state index in [9.17, 15) is 4.79 Å². The molecule has 0 aromatic heterocycles. The smallest absolute Gasteiger partial charge is 0.243 e. The van der Waals surface area contributed by atoms with Crippen LogP contribution in [0, 0.1) is 5.92 Å². The first kappa shape index (κ1) is 21.7. The number of rotatable bonds is 12. The molecule has 0 spiro atoms. The van der Waals surface area contributed by atoms with Crippen molar-refractivity contribution >= 4 is 11.9 Å². The number of carbonyl (C=O) groups excluding carboxylic acids is 1. The summed E-state index contributed by atoms with van der Waals surface area (Å²) in [4.78, 5) is 17.7. The van der Waals surface area contributed by atoms with E-state index < -0.39 is 0 Å². The molecular formula is C17H36N4O2. The van der Waals surface area contributed by atoms with E-state index in [1.54, 1.807) is 26.1 Å². The van der Waals surface area contributed by atoms with E-state index in [2.05, 4.69) is 29.5 Å². The summed E-state index contributed by atoms with van der Waals surface area (Å²) < 4.78 is 5.05. The fourth-order valence-corrected chi connectivity index (χ4v) is 2.07. The van der Waals surface area contributed by atoms with E-state index >= 15 is 0 Å². The van der Waals surface area contributed by atoms with Crippen LogP contribution >= 0.6 is 0 Å². The first-order valence-corrected chi connectivity index (χ1v) is 8.76. The van der Waals surface area contributed by atoms with Crippen molar-refractivity contribution in [1.29, 1.82) is 0 Å². The number of carbonyl (C=O) groups is 1. The molecule has 0 aliphatic rings. The van der Waals surface area contributed by atoms with Crippen LogP contribution in [0.3, 0.4) is 0 Å². The first-order chi connectivity index (χ1) is 11.0. The molecule has 0 heterocycles. The molecule has 0 fully saturated rings. The zero-order chi connectivity index (χ0) is 17.5. The summed E-state index contributed by atoms with van der Waals surface area (Å²) in [7, 11) is 5.19. The topological polar surface area (TPSA) is 66.0 Å². The molecule has 0 bridgehead atoms. The standard InChI is InChI=1S/C17H36N4O2/c1-6-8-10-15(7-2)13-19-17(18-11-9-12-23-5)20-14-16(22)21(3)4/h15H,6-14H2,1-5H3,(H2,18,19,20). The number of methoxy groups -OCH3 is 1. The fourth-order valence-electron chi connectivity index (χ4n) is 2.07. The molecule has 6 heteroatoms. The first-order valence-electron chi connectivity index (χ1n) is 8.76. The molecule has 0 aromatic carbocycles. The molecule has 0 aliphatic carbocycles. The summed E-state index contributed by atoms with van der Waals surface area (Å²) in [6.07, 6.45) is 5.77. The minimum absolute atomic E-state index is 0.000941. The van der Waals surface area contributed by atoms with Gasteiger partial charge in [0, 0.05) is 40.9 Å². The van der Waals surface area contributed by atoms with Crippen LogP contribution in [0.15, 0.2) is 4.99 Å². The van der Waals surface area contributed by atoms with Gasteiger partial charge in [-0.15, -0.1) is 0 Å². The second-order valence-electron chi connectivity index (χ2n) is 6.02. The number of ether oxygens (including phenoxy) is 1. The molecule has 0 saturated carbocycles. The lowest BCUT2D eigenvalue weighted by molar-refractivity contribution is -0.127. The number of aliphatic imine (C=N–C) groups is 1. The van der Waals surface area contributed by atoms with Crippen molar-refractivity contribution in [1.82, 2.24) is 15.5 Å². The molecule has 0 aromatic rings. The number of hydrogen-bond donors (Lipinski definition) is 2. The number of hydrogen-bond acceptors (Lipinski definition) is 3. The number of guanidine groups is 1. The van der Waals surface area contributed by atoms with Gasteiger partial charge >= 0.3 is 0 Å². The summed E-state index contributed by atoms with van der Waals surface area (Å²) in [5.74, 6) is 1.36. The van der Waals surface area contributed by atoms with Crippen LogP contribution in [0.1, 0.15) is 46.0 Å². The Balaban J connectivity index is 4.44. The van der Waals surface area contributed by atoms with E-state index in [4.69, 9.17) is 4.74 Å². The van der Waals surface area contributed by atoms with Gasteiger partial charge in [-0.1, -0.05) is 33.1 Å². The molecule has 23 heavy (non-hydrogen) atoms. The van der Waals surface area contributed by atoms with Crippen LogP contribution in [0.4, 0.5) is 0 Å². The SMILES string of the molecule is CCCCC(CC)CNC(=NCC(=O)N(C)C)NCCCOC. The van der Waals surface area contributed by atoms with Gasteiger partial charge in [-0.05, 0) is 18.8 Å². The number of unbranched alkanes of at least 4 members (excludes halogenated alkanes) is 1. The Kier molecular flexibility index (Phi) is 13.5. The lowest BCUT2D eigenvalue weighted by Crippen LogP contribution is -2.41. The summed E-state index contributed by atoms with van der Waals surface area (Å²) in [5.41, 5.74) is 0. The van der Waals surface area contributed by atoms with Crippen LogP contribution in [-0.4, -0.2) is 64.2 Å². The minimum atomic E-state index is 0.000941. The monoisotopic (exact) mass is 328 g/mol. The summed E-state index contributed by atoms with van der Waals surface area (Å²) >= 11 is 0. The maximum Gasteiger partial charge on any atom is 0.243 e. The van der Waals surface area contributed by atoms with E-state index in [0.29, 0.717) is 18.5 Å². The molecule has 6 nitrogen and oxygen atoms in total. The van der Waals surface area contributed by atoms with E-state index in [1.165, 1.54) is 19.3 Å². The Bertz CT molecular complexity index is 333. The third-order valence-corrected chi connectivity index (χ3v) is 3.79. The van der Waals surface area contributed by atoms with Crippen molar-refractivity contribution in [3.8, 4) is 0 Å². The second kappa shape index (κ2) is 14.3. The summed E-state index contributed by atoms with van der Waals surface area (Å²) in [6, 6.07) is 0. The third-order valence-electron chi connectivity index (χ3n) is 3.79. The number of amides is 1. The van der Waals surface area contributed by atoms with Gasteiger partial charge in [0.05, 0.1) is 0 Å². The minimum Gasteiger partial charge on any atom is -0.385 e. The predicted octanol–water partition coefficient (Wildman–Crippen LogP) is 1.86. The summed E-state index contributed by atoms with van der Waals surface area (Å²) in [6.45, 7) is 6.99. The third kappa shape index (κ3) is 11.9. The van der Waals surface area contributed by atoms with Crippen LogP contribution in [-0.2, 0) is 9.53 Å². The molecule has 0 aliphatic heterocycles. The molecule has 0 rings (SSSR count). The maximum atomic E-state index is 11.7. The highest BCUT2D eigenvalue weighted by atomic mass is 16.5. The van der Waals surface area contributed by atoms with Gasteiger partial charge < -0.3 is 20.3 Å². The van der Waals surface area contributed by atoms with E-state index in [0.717, 1.165) is 25.9 Å². The van der Waals surface area contributed by atoms with Gasteiger partial charge in [0.15, 0.2) is 5.96 Å². The zero-order valence-corrected chi connectivity index (χ0v) is 15.7. The molecule has 1 amide bonds. The molecule has 1 atom stereocenters. The van der Waals surface area contributed by atoms with Crippen molar-refractivity contribution in [2.45, 2.75) is 46.0 Å². The Morgan fingerprint density at radius 1 is 1.22 bits per heavy atom. The van der Waals surface area contributed by atoms with Crippen LogP contribution < -0.4 is 10.6 Å². The van der Waals surface area contributed by atoms with Gasteiger partial charge in [0.2, 0.25) is 5.91 Å². The van der Waals surface area contributed by atoms with Gasteiger partial charge in [-0.3, -0.25) is 4.79 Å². The molecular weight excluding hydrogens is 292 g/mol. The van der Waals surface area contributed by atoms with Crippen LogP contribution in [0.2, 0.25) is 0 Å². The molecule has 1 unspecified atom stereocenters. The normalized spacial score (nSPS) is 12.8. The van der Waals surface area contributed by atoms with Crippen molar-refractivity contribution in [3.05, 3.63) is 0 Å². The van der Waals surface area contributed by atoms with Crippen LogP contribution in [0.25, 0.3) is 0 Å². The van der Waals surface area contributed by atoms with Gasteiger partial charge in [-0.25, -0.2) is 4.99 Å². The lowest BCUT2D eigenvalue weighted by Gasteiger charge is -2.18. The zero-order valence-electron chi connectivity index (χ0n) is 15.7. The average molecular weight is 329 g/mol. The number of nitrogens with one attached hydrogen (secondary N) is 2. The number of nitrogens with zero attached hydrogens (tertiary/aromatic N) is 2. The molecule has 2 N–H and O–H groups in total. The highest BCUT2D eigenvalue weighted by Crippen LogP contribution is 2.10. The largest absolute Gasteiger partial charge is 0.385 e. The van der Waals surface area contributed by atoms with Crippen molar-refractivity contribution in [3.63, 3.8) is 0 Å². The fraction of sp³-hybridized carbons (Fsp3) is 0.882. The highest BCUT2D eigenvalue weighted by molar-refractivity contribution is 5.84. The van der Waals surface area contributed by atoms with Crippen molar-refractivity contribution < 1.29 is 9.53 Å². The lowest BCUT2D eigenvalue weighted by atomic mass is 9.99. The predicted molar refractivity (Wildman–Crippen MR) is 96.8 cm³/mol. The van der Waals surface area contributed by atoms with E-state index in [-0.39, 0.29) is 12.5 Å². The number of likely N-dealkylation sites (N-methyl/N-ethyl adjacent to an activating group) is 1. The molecule has 0 saturated heterocycles. The second-order valence-corrected chi connectivity index (χ2v) is 6.02.